The van der Waals surface area contributed by atoms with Crippen molar-refractivity contribution in [1.82, 2.24) is 0 Å². The molecule has 0 saturated heterocycles. The molecule has 0 bridgehead atoms. The topological polar surface area (TPSA) is 55.1 Å². The minimum absolute atomic E-state index is 0.124. The maximum Gasteiger partial charge on any atom is 0.228 e. The standard InChI is InChI=1S/C15H12F2N2OS/c16-11-5-4-9(13(17)8-11)7-14(20)19-12-3-1-2-10(6-12)15(18)21/h1-6,8H,7H2,(H2,18,21)(H,19,20). The largest absolute Gasteiger partial charge is 0.389 e. The Balaban J connectivity index is 2.08. The third-order valence-electron chi connectivity index (χ3n) is 2.80. The number of nitrogens with two attached hydrogens (primary N) is 1. The molecule has 0 radical (unpaired) electrons. The number of rotatable bonds is 4. The Labute approximate surface area is 125 Å². The average molecular weight is 306 g/mol. The summed E-state index contributed by atoms with van der Waals surface area (Å²) in [6, 6.07) is 9.81. The maximum atomic E-state index is 13.5. The van der Waals surface area contributed by atoms with Crippen LogP contribution >= 0.6 is 12.2 Å². The predicted octanol–water partition coefficient (Wildman–Crippen LogP) is 2.78. The number of benzene rings is 2. The van der Waals surface area contributed by atoms with E-state index in [0.29, 0.717) is 11.3 Å². The zero-order chi connectivity index (χ0) is 15.4. The van der Waals surface area contributed by atoms with Crippen LogP contribution in [0.4, 0.5) is 14.5 Å². The lowest BCUT2D eigenvalue weighted by molar-refractivity contribution is -0.115. The highest BCUT2D eigenvalue weighted by Gasteiger charge is 2.10. The van der Waals surface area contributed by atoms with Gasteiger partial charge in [-0.1, -0.05) is 30.4 Å². The summed E-state index contributed by atoms with van der Waals surface area (Å²) in [5.74, 6) is -1.84. The SMILES string of the molecule is NC(=S)c1cccc(NC(=O)Cc2ccc(F)cc2F)c1. The zero-order valence-corrected chi connectivity index (χ0v) is 11.7. The molecular weight excluding hydrogens is 294 g/mol. The predicted molar refractivity (Wildman–Crippen MR) is 81.0 cm³/mol. The molecule has 0 atom stereocenters. The molecule has 2 rings (SSSR count). The first-order valence-electron chi connectivity index (χ1n) is 6.09. The van der Waals surface area contributed by atoms with Gasteiger partial charge in [0.2, 0.25) is 5.91 Å². The zero-order valence-electron chi connectivity index (χ0n) is 10.9. The molecule has 21 heavy (non-hydrogen) atoms. The van der Waals surface area contributed by atoms with Crippen LogP contribution in [0, 0.1) is 11.6 Å². The fourth-order valence-corrected chi connectivity index (χ4v) is 1.92. The number of thiocarbonyl (C=S) groups is 1. The summed E-state index contributed by atoms with van der Waals surface area (Å²) in [4.78, 5) is 12.1. The normalized spacial score (nSPS) is 10.2. The Bertz CT molecular complexity index is 704. The third kappa shape index (κ3) is 4.06. The van der Waals surface area contributed by atoms with E-state index < -0.39 is 17.5 Å². The van der Waals surface area contributed by atoms with Crippen LogP contribution in [-0.4, -0.2) is 10.9 Å². The molecule has 2 aromatic carbocycles. The minimum Gasteiger partial charge on any atom is -0.389 e. The van der Waals surface area contributed by atoms with Gasteiger partial charge in [-0.05, 0) is 23.8 Å². The summed E-state index contributed by atoms with van der Waals surface area (Å²) in [7, 11) is 0. The van der Waals surface area contributed by atoms with Crippen LogP contribution in [0.5, 0.6) is 0 Å². The molecule has 0 heterocycles. The molecule has 0 aromatic heterocycles. The first-order valence-corrected chi connectivity index (χ1v) is 6.50. The van der Waals surface area contributed by atoms with Crippen molar-refractivity contribution in [3.8, 4) is 0 Å². The van der Waals surface area contributed by atoms with Crippen molar-refractivity contribution in [2.75, 3.05) is 5.32 Å². The van der Waals surface area contributed by atoms with Crippen LogP contribution in [-0.2, 0) is 11.2 Å². The molecule has 0 unspecified atom stereocenters. The Kier molecular flexibility index (Phi) is 4.59. The quantitative estimate of drug-likeness (QED) is 0.854. The highest BCUT2D eigenvalue weighted by atomic mass is 32.1. The van der Waals surface area contributed by atoms with Crippen LogP contribution in [0.3, 0.4) is 0 Å². The second-order valence-corrected chi connectivity index (χ2v) is 4.85. The van der Waals surface area contributed by atoms with Crippen LogP contribution < -0.4 is 11.1 Å². The van der Waals surface area contributed by atoms with E-state index in [-0.39, 0.29) is 17.0 Å². The van der Waals surface area contributed by atoms with Gasteiger partial charge in [-0.15, -0.1) is 0 Å². The Morgan fingerprint density at radius 1 is 1.19 bits per heavy atom. The third-order valence-corrected chi connectivity index (χ3v) is 3.03. The molecule has 0 fully saturated rings. The van der Waals surface area contributed by atoms with Crippen molar-refractivity contribution in [2.45, 2.75) is 6.42 Å². The van der Waals surface area contributed by atoms with Crippen molar-refractivity contribution < 1.29 is 13.6 Å². The molecule has 2 aromatic rings. The Hall–Kier alpha value is -2.34. The van der Waals surface area contributed by atoms with Crippen molar-refractivity contribution >= 4 is 28.8 Å². The highest BCUT2D eigenvalue weighted by molar-refractivity contribution is 7.80. The van der Waals surface area contributed by atoms with Gasteiger partial charge in [-0.2, -0.15) is 0 Å². The van der Waals surface area contributed by atoms with Crippen molar-refractivity contribution in [3.05, 3.63) is 65.2 Å². The summed E-state index contributed by atoms with van der Waals surface area (Å²) in [5.41, 5.74) is 6.76. The molecule has 6 heteroatoms. The number of anilines is 1. The lowest BCUT2D eigenvalue weighted by atomic mass is 10.1. The molecule has 0 aliphatic heterocycles. The first-order chi connectivity index (χ1) is 9.95. The number of carbonyl (C=O) groups excluding carboxylic acids is 1. The number of hydrogen-bond donors (Lipinski definition) is 2. The van der Waals surface area contributed by atoms with E-state index in [1.807, 2.05) is 0 Å². The average Bonchev–Trinajstić information content (AvgIpc) is 2.42. The molecule has 1 amide bonds. The number of hydrogen-bond acceptors (Lipinski definition) is 2. The van der Waals surface area contributed by atoms with Crippen molar-refractivity contribution in [1.29, 1.82) is 0 Å². The summed E-state index contributed by atoms with van der Waals surface area (Å²) in [6.07, 6.45) is -0.191. The number of nitrogens with one attached hydrogen (secondary N) is 1. The molecule has 108 valence electrons. The summed E-state index contributed by atoms with van der Waals surface area (Å²) >= 11 is 4.85. The van der Waals surface area contributed by atoms with Gasteiger partial charge in [-0.3, -0.25) is 4.79 Å². The van der Waals surface area contributed by atoms with Gasteiger partial charge in [0.25, 0.3) is 0 Å². The van der Waals surface area contributed by atoms with E-state index in [4.69, 9.17) is 18.0 Å². The van der Waals surface area contributed by atoms with E-state index in [2.05, 4.69) is 5.32 Å². The number of halogens is 2. The molecule has 0 saturated carbocycles. The van der Waals surface area contributed by atoms with Gasteiger partial charge in [-0.25, -0.2) is 8.78 Å². The minimum atomic E-state index is -0.748. The maximum absolute atomic E-state index is 13.5. The Morgan fingerprint density at radius 3 is 2.62 bits per heavy atom. The molecule has 3 nitrogen and oxygen atoms in total. The van der Waals surface area contributed by atoms with E-state index in [1.165, 1.54) is 6.07 Å². The van der Waals surface area contributed by atoms with Gasteiger partial charge in [0.05, 0.1) is 6.42 Å². The lowest BCUT2D eigenvalue weighted by Gasteiger charge is -2.07. The second-order valence-electron chi connectivity index (χ2n) is 4.41. The van der Waals surface area contributed by atoms with Gasteiger partial charge in [0.1, 0.15) is 16.6 Å². The summed E-state index contributed by atoms with van der Waals surface area (Å²) in [5, 5.41) is 2.61. The van der Waals surface area contributed by atoms with E-state index >= 15 is 0 Å². The molecule has 0 spiro atoms. The molecule has 3 N–H and O–H groups in total. The van der Waals surface area contributed by atoms with Crippen LogP contribution in [0.15, 0.2) is 42.5 Å². The summed E-state index contributed by atoms with van der Waals surface area (Å²) in [6.45, 7) is 0. The van der Waals surface area contributed by atoms with Gasteiger partial charge in [0.15, 0.2) is 0 Å². The van der Waals surface area contributed by atoms with Gasteiger partial charge >= 0.3 is 0 Å². The van der Waals surface area contributed by atoms with Gasteiger partial charge < -0.3 is 11.1 Å². The fraction of sp³-hybridized carbons (Fsp3) is 0.0667. The number of amides is 1. The smallest absolute Gasteiger partial charge is 0.228 e. The van der Waals surface area contributed by atoms with Crippen molar-refractivity contribution in [2.24, 2.45) is 5.73 Å². The van der Waals surface area contributed by atoms with Gasteiger partial charge in [0, 0.05) is 17.3 Å². The second kappa shape index (κ2) is 6.41. The Morgan fingerprint density at radius 2 is 1.95 bits per heavy atom. The molecule has 0 aliphatic rings. The van der Waals surface area contributed by atoms with Crippen LogP contribution in [0.1, 0.15) is 11.1 Å². The molecular formula is C15H12F2N2OS. The van der Waals surface area contributed by atoms with Crippen molar-refractivity contribution in [3.63, 3.8) is 0 Å². The monoisotopic (exact) mass is 306 g/mol. The summed E-state index contributed by atoms with van der Waals surface area (Å²) < 4.78 is 26.3. The van der Waals surface area contributed by atoms with Crippen LogP contribution in [0.25, 0.3) is 0 Å². The number of carbonyl (C=O) groups is 1. The van der Waals surface area contributed by atoms with E-state index in [0.717, 1.165) is 12.1 Å². The van der Waals surface area contributed by atoms with E-state index in [1.54, 1.807) is 24.3 Å². The molecule has 0 aliphatic carbocycles. The fourth-order valence-electron chi connectivity index (χ4n) is 1.79. The highest BCUT2D eigenvalue weighted by Crippen LogP contribution is 2.13. The van der Waals surface area contributed by atoms with E-state index in [9.17, 15) is 13.6 Å². The van der Waals surface area contributed by atoms with Crippen LogP contribution in [0.2, 0.25) is 0 Å². The lowest BCUT2D eigenvalue weighted by Crippen LogP contribution is -2.16. The first kappa shape index (κ1) is 15.1.